The number of nitrogens with zero attached hydrogens (tertiary/aromatic N) is 1. The zero-order chi connectivity index (χ0) is 9.10. The molecule has 0 amide bonds. The Bertz CT molecular complexity index is 160. The summed E-state index contributed by atoms with van der Waals surface area (Å²) in [4.78, 5) is 0. The van der Waals surface area contributed by atoms with E-state index in [1.165, 1.54) is 12.8 Å². The number of hydrogen-bond donors (Lipinski definition) is 2. The maximum Gasteiger partial charge on any atom is 0.0714 e. The van der Waals surface area contributed by atoms with E-state index < -0.39 is 0 Å². The minimum absolute atomic E-state index is 0.142. The molecule has 0 aliphatic carbocycles. The van der Waals surface area contributed by atoms with Gasteiger partial charge in [-0.15, -0.1) is 0 Å². The van der Waals surface area contributed by atoms with Gasteiger partial charge in [-0.3, -0.25) is 5.43 Å². The van der Waals surface area contributed by atoms with E-state index in [1.807, 2.05) is 0 Å². The Morgan fingerprint density at radius 1 is 1.46 bits per heavy atom. The lowest BCUT2D eigenvalue weighted by Crippen LogP contribution is -2.41. The predicted octanol–water partition coefficient (Wildman–Crippen LogP) is -0.263. The van der Waals surface area contributed by atoms with Crippen LogP contribution in [0, 0.1) is 0 Å². The van der Waals surface area contributed by atoms with E-state index in [-0.39, 0.29) is 6.10 Å². The molecule has 13 heavy (non-hydrogen) atoms. The van der Waals surface area contributed by atoms with E-state index in [2.05, 4.69) is 10.4 Å². The van der Waals surface area contributed by atoms with Crippen LogP contribution in [0.5, 0.6) is 0 Å². The average Bonchev–Trinajstić information content (AvgIpc) is 2.71. The minimum Gasteiger partial charge on any atom is -0.392 e. The fraction of sp³-hybridized carbons (Fsp3) is 1.00. The van der Waals surface area contributed by atoms with Crippen molar-refractivity contribution in [3.63, 3.8) is 0 Å². The van der Waals surface area contributed by atoms with Gasteiger partial charge in [-0.1, -0.05) is 0 Å². The van der Waals surface area contributed by atoms with E-state index in [0.717, 1.165) is 32.7 Å². The van der Waals surface area contributed by atoms with Gasteiger partial charge in [0.1, 0.15) is 0 Å². The molecule has 2 heterocycles. The van der Waals surface area contributed by atoms with Crippen LogP contribution in [0.3, 0.4) is 0 Å². The van der Waals surface area contributed by atoms with E-state index in [0.29, 0.717) is 6.10 Å². The molecule has 2 N–H and O–H groups in total. The normalized spacial score (nSPS) is 35.8. The standard InChI is InChI=1S/C9H18N2O2/c12-8-3-4-11(7-8)10-6-9-2-1-5-13-9/h8-10,12H,1-7H2. The van der Waals surface area contributed by atoms with Crippen LogP contribution in [-0.4, -0.2) is 48.6 Å². The van der Waals surface area contributed by atoms with Gasteiger partial charge in [-0.25, -0.2) is 5.01 Å². The largest absolute Gasteiger partial charge is 0.392 e. The molecule has 2 fully saturated rings. The minimum atomic E-state index is -0.142. The highest BCUT2D eigenvalue weighted by atomic mass is 16.5. The number of ether oxygens (including phenoxy) is 1. The molecule has 2 aliphatic rings. The Hall–Kier alpha value is -0.160. The number of aliphatic hydroxyl groups excluding tert-OH is 1. The zero-order valence-corrected chi connectivity index (χ0v) is 7.91. The second kappa shape index (κ2) is 4.37. The molecule has 2 aliphatic heterocycles. The molecule has 2 unspecified atom stereocenters. The van der Waals surface area contributed by atoms with Crippen molar-refractivity contribution in [1.29, 1.82) is 0 Å². The molecule has 0 bridgehead atoms. The summed E-state index contributed by atoms with van der Waals surface area (Å²) < 4.78 is 5.49. The molecule has 2 saturated heterocycles. The summed E-state index contributed by atoms with van der Waals surface area (Å²) in [6.45, 7) is 3.52. The molecule has 4 nitrogen and oxygen atoms in total. The van der Waals surface area contributed by atoms with Gasteiger partial charge in [0.2, 0.25) is 0 Å². The lowest BCUT2D eigenvalue weighted by atomic mass is 10.2. The van der Waals surface area contributed by atoms with Gasteiger partial charge in [-0.05, 0) is 19.3 Å². The van der Waals surface area contributed by atoms with Crippen LogP contribution in [0.1, 0.15) is 19.3 Å². The molecule has 0 spiro atoms. The first kappa shape index (κ1) is 9.40. The fourth-order valence-electron chi connectivity index (χ4n) is 1.92. The predicted molar refractivity (Wildman–Crippen MR) is 49.2 cm³/mol. The summed E-state index contributed by atoms with van der Waals surface area (Å²) in [5, 5.41) is 11.4. The van der Waals surface area contributed by atoms with Crippen molar-refractivity contribution >= 4 is 0 Å². The number of nitrogens with one attached hydrogen (secondary N) is 1. The van der Waals surface area contributed by atoms with Gasteiger partial charge in [-0.2, -0.15) is 0 Å². The highest BCUT2D eigenvalue weighted by molar-refractivity contribution is 4.73. The van der Waals surface area contributed by atoms with Crippen LogP contribution in [0.4, 0.5) is 0 Å². The second-order valence-electron chi connectivity index (χ2n) is 3.89. The Morgan fingerprint density at radius 2 is 2.38 bits per heavy atom. The molecule has 0 aromatic rings. The first-order chi connectivity index (χ1) is 6.34. The second-order valence-corrected chi connectivity index (χ2v) is 3.89. The Kier molecular flexibility index (Phi) is 3.16. The van der Waals surface area contributed by atoms with Crippen LogP contribution < -0.4 is 5.43 Å². The monoisotopic (exact) mass is 186 g/mol. The lowest BCUT2D eigenvalue weighted by Gasteiger charge is -2.19. The van der Waals surface area contributed by atoms with Crippen LogP contribution >= 0.6 is 0 Å². The number of rotatable bonds is 3. The maximum atomic E-state index is 9.28. The molecule has 2 atom stereocenters. The number of hydrazine groups is 1. The van der Waals surface area contributed by atoms with Crippen LogP contribution in [0.25, 0.3) is 0 Å². The van der Waals surface area contributed by atoms with Gasteiger partial charge >= 0.3 is 0 Å². The Morgan fingerprint density at radius 3 is 3.00 bits per heavy atom. The first-order valence-corrected chi connectivity index (χ1v) is 5.13. The van der Waals surface area contributed by atoms with Gasteiger partial charge in [0.15, 0.2) is 0 Å². The summed E-state index contributed by atoms with van der Waals surface area (Å²) >= 11 is 0. The van der Waals surface area contributed by atoms with Gasteiger partial charge < -0.3 is 9.84 Å². The molecular weight excluding hydrogens is 168 g/mol. The fourth-order valence-corrected chi connectivity index (χ4v) is 1.92. The molecule has 4 heteroatoms. The molecule has 2 rings (SSSR count). The lowest BCUT2D eigenvalue weighted by molar-refractivity contribution is 0.0815. The SMILES string of the molecule is OC1CCN(NCC2CCCO2)C1. The molecule has 0 saturated carbocycles. The van der Waals surface area contributed by atoms with Crippen molar-refractivity contribution in [2.75, 3.05) is 26.2 Å². The van der Waals surface area contributed by atoms with E-state index >= 15 is 0 Å². The molecule has 0 radical (unpaired) electrons. The Balaban J connectivity index is 1.62. The van der Waals surface area contributed by atoms with Gasteiger partial charge in [0.25, 0.3) is 0 Å². The van der Waals surface area contributed by atoms with Crippen LogP contribution in [-0.2, 0) is 4.74 Å². The smallest absolute Gasteiger partial charge is 0.0714 e. The molecule has 0 aromatic carbocycles. The third-order valence-electron chi connectivity index (χ3n) is 2.73. The van der Waals surface area contributed by atoms with Crippen LogP contribution in [0.15, 0.2) is 0 Å². The highest BCUT2D eigenvalue weighted by Gasteiger charge is 2.21. The van der Waals surface area contributed by atoms with Crippen molar-refractivity contribution in [3.8, 4) is 0 Å². The van der Waals surface area contributed by atoms with E-state index in [4.69, 9.17) is 4.74 Å². The quantitative estimate of drug-likeness (QED) is 0.637. The maximum absolute atomic E-state index is 9.28. The summed E-state index contributed by atoms with van der Waals surface area (Å²) in [5.41, 5.74) is 3.30. The summed E-state index contributed by atoms with van der Waals surface area (Å²) in [6.07, 6.45) is 3.49. The summed E-state index contributed by atoms with van der Waals surface area (Å²) in [6, 6.07) is 0. The molecule has 76 valence electrons. The third kappa shape index (κ3) is 2.64. The number of β-amino-alcohol motifs (C(OH)–C–C–N with tert-alkyl or cyclic N) is 1. The zero-order valence-electron chi connectivity index (χ0n) is 7.91. The van der Waals surface area contributed by atoms with Gasteiger partial charge in [0, 0.05) is 26.2 Å². The van der Waals surface area contributed by atoms with E-state index in [1.54, 1.807) is 0 Å². The third-order valence-corrected chi connectivity index (χ3v) is 2.73. The summed E-state index contributed by atoms with van der Waals surface area (Å²) in [7, 11) is 0. The Labute approximate surface area is 78.8 Å². The first-order valence-electron chi connectivity index (χ1n) is 5.13. The topological polar surface area (TPSA) is 44.7 Å². The van der Waals surface area contributed by atoms with Crippen molar-refractivity contribution < 1.29 is 9.84 Å². The van der Waals surface area contributed by atoms with Crippen molar-refractivity contribution in [2.24, 2.45) is 0 Å². The van der Waals surface area contributed by atoms with Crippen molar-refractivity contribution in [3.05, 3.63) is 0 Å². The van der Waals surface area contributed by atoms with Crippen molar-refractivity contribution in [2.45, 2.75) is 31.5 Å². The molecular formula is C9H18N2O2. The molecule has 0 aromatic heterocycles. The highest BCUT2D eigenvalue weighted by Crippen LogP contribution is 2.11. The summed E-state index contributed by atoms with van der Waals surface area (Å²) in [5.74, 6) is 0. The number of aliphatic hydroxyl groups is 1. The average molecular weight is 186 g/mol. The van der Waals surface area contributed by atoms with Crippen LogP contribution in [0.2, 0.25) is 0 Å². The number of hydrogen-bond acceptors (Lipinski definition) is 4. The van der Waals surface area contributed by atoms with Gasteiger partial charge in [0.05, 0.1) is 12.2 Å². The van der Waals surface area contributed by atoms with Crippen molar-refractivity contribution in [1.82, 2.24) is 10.4 Å². The van der Waals surface area contributed by atoms with E-state index in [9.17, 15) is 5.11 Å².